The molecule has 2 unspecified atom stereocenters. The molecule has 0 radical (unpaired) electrons. The average molecular weight is 169 g/mol. The maximum Gasteiger partial charge on any atom is 0.105 e. The predicted molar refractivity (Wildman–Crippen MR) is 39.4 cm³/mol. The van der Waals surface area contributed by atoms with Crippen LogP contribution in [-0.2, 0) is 9.47 Å². The van der Waals surface area contributed by atoms with Gasteiger partial charge in [-0.3, -0.25) is 0 Å². The van der Waals surface area contributed by atoms with Gasteiger partial charge < -0.3 is 14.6 Å². The van der Waals surface area contributed by atoms with Crippen LogP contribution in [0, 0.1) is 0 Å². The molecule has 0 spiro atoms. The smallest absolute Gasteiger partial charge is 0.105 e. The van der Waals surface area contributed by atoms with Crippen LogP contribution in [0.1, 0.15) is 0 Å². The summed E-state index contributed by atoms with van der Waals surface area (Å²) in [6.45, 7) is 0.255. The number of alkyl halides is 1. The van der Waals surface area contributed by atoms with E-state index >= 15 is 0 Å². The molecule has 0 aliphatic rings. The van der Waals surface area contributed by atoms with E-state index < -0.39 is 6.10 Å². The van der Waals surface area contributed by atoms with Gasteiger partial charge in [0.05, 0.1) is 18.6 Å². The van der Waals surface area contributed by atoms with Crippen LogP contribution in [0.3, 0.4) is 0 Å². The fourth-order valence-electron chi connectivity index (χ4n) is 0.601. The summed E-state index contributed by atoms with van der Waals surface area (Å²) in [7, 11) is 3.02. The van der Waals surface area contributed by atoms with Gasteiger partial charge in [0.25, 0.3) is 0 Å². The van der Waals surface area contributed by atoms with Crippen molar-refractivity contribution < 1.29 is 14.6 Å². The molecular formula is C6H13ClO3. The van der Waals surface area contributed by atoms with E-state index in [-0.39, 0.29) is 18.6 Å². The molecular weight excluding hydrogens is 156 g/mol. The number of rotatable bonds is 5. The minimum Gasteiger partial charge on any atom is -0.388 e. The van der Waals surface area contributed by atoms with E-state index in [9.17, 15) is 5.11 Å². The Hall–Kier alpha value is 0.170. The van der Waals surface area contributed by atoms with E-state index in [1.165, 1.54) is 14.2 Å². The molecule has 0 aliphatic heterocycles. The molecule has 62 valence electrons. The fourth-order valence-corrected chi connectivity index (χ4v) is 0.933. The first kappa shape index (κ1) is 10.2. The number of ether oxygens (including phenoxy) is 2. The van der Waals surface area contributed by atoms with E-state index in [1.807, 2.05) is 0 Å². The van der Waals surface area contributed by atoms with Gasteiger partial charge in [-0.05, 0) is 0 Å². The number of halogens is 1. The zero-order chi connectivity index (χ0) is 7.98. The summed E-state index contributed by atoms with van der Waals surface area (Å²) in [5.41, 5.74) is 0. The highest BCUT2D eigenvalue weighted by Crippen LogP contribution is 2.00. The summed E-state index contributed by atoms with van der Waals surface area (Å²) in [5.74, 6) is 0.279. The van der Waals surface area contributed by atoms with Crippen LogP contribution in [0.25, 0.3) is 0 Å². The molecule has 2 atom stereocenters. The summed E-state index contributed by atoms with van der Waals surface area (Å²) in [6, 6.07) is 0. The van der Waals surface area contributed by atoms with Gasteiger partial charge in [-0.1, -0.05) is 0 Å². The van der Waals surface area contributed by atoms with Gasteiger partial charge >= 0.3 is 0 Å². The standard InChI is InChI=1S/C6H13ClO3/c1-9-4-5(8)6(3-7)10-2/h5-6,8H,3-4H2,1-2H3. The molecule has 10 heavy (non-hydrogen) atoms. The number of aliphatic hydroxyl groups excluding tert-OH is 1. The Morgan fingerprint density at radius 2 is 2.10 bits per heavy atom. The SMILES string of the molecule is COCC(O)C(CCl)OC. The van der Waals surface area contributed by atoms with Crippen molar-refractivity contribution in [2.75, 3.05) is 26.7 Å². The van der Waals surface area contributed by atoms with Crippen LogP contribution in [-0.4, -0.2) is 44.0 Å². The fraction of sp³-hybridized carbons (Fsp3) is 1.00. The second kappa shape index (κ2) is 5.92. The summed E-state index contributed by atoms with van der Waals surface area (Å²) in [6.07, 6.45) is -0.964. The van der Waals surface area contributed by atoms with Gasteiger partial charge in [0.1, 0.15) is 6.10 Å². The Kier molecular flexibility index (Phi) is 6.02. The highest BCUT2D eigenvalue weighted by atomic mass is 35.5. The zero-order valence-corrected chi connectivity index (χ0v) is 6.97. The minimum absolute atomic E-state index is 0.255. The van der Waals surface area contributed by atoms with Gasteiger partial charge in [-0.15, -0.1) is 11.6 Å². The van der Waals surface area contributed by atoms with Gasteiger partial charge in [0.15, 0.2) is 0 Å². The molecule has 0 aromatic heterocycles. The third-order valence-corrected chi connectivity index (χ3v) is 1.53. The number of hydrogen-bond acceptors (Lipinski definition) is 3. The molecule has 1 N–H and O–H groups in total. The molecule has 3 nitrogen and oxygen atoms in total. The number of aliphatic hydroxyl groups is 1. The van der Waals surface area contributed by atoms with Gasteiger partial charge in [0, 0.05) is 14.2 Å². The maximum absolute atomic E-state index is 9.17. The molecule has 0 aromatic carbocycles. The van der Waals surface area contributed by atoms with Crippen molar-refractivity contribution in [1.29, 1.82) is 0 Å². The highest BCUT2D eigenvalue weighted by molar-refractivity contribution is 6.18. The third kappa shape index (κ3) is 3.37. The molecule has 0 saturated carbocycles. The Balaban J connectivity index is 3.53. The van der Waals surface area contributed by atoms with Crippen LogP contribution in [0.15, 0.2) is 0 Å². The second-order valence-corrected chi connectivity index (χ2v) is 2.26. The molecule has 0 heterocycles. The molecule has 0 saturated heterocycles. The molecule has 0 rings (SSSR count). The van der Waals surface area contributed by atoms with Crippen LogP contribution in [0.5, 0.6) is 0 Å². The first-order chi connectivity index (χ1) is 4.76. The van der Waals surface area contributed by atoms with E-state index in [0.29, 0.717) is 0 Å². The van der Waals surface area contributed by atoms with Crippen molar-refractivity contribution in [3.63, 3.8) is 0 Å². The van der Waals surface area contributed by atoms with Crippen molar-refractivity contribution in [3.8, 4) is 0 Å². The summed E-state index contributed by atoms with van der Waals surface area (Å²) in [5, 5.41) is 9.17. The van der Waals surface area contributed by atoms with Gasteiger partial charge in [-0.2, -0.15) is 0 Å². The predicted octanol–water partition coefficient (Wildman–Crippen LogP) is 0.248. The molecule has 0 amide bonds. The van der Waals surface area contributed by atoms with E-state index in [2.05, 4.69) is 0 Å². The van der Waals surface area contributed by atoms with Crippen LogP contribution >= 0.6 is 11.6 Å². The minimum atomic E-state index is -0.632. The lowest BCUT2D eigenvalue weighted by Crippen LogP contribution is -2.33. The highest BCUT2D eigenvalue weighted by Gasteiger charge is 2.16. The number of hydrogen-bond donors (Lipinski definition) is 1. The Labute approximate surface area is 65.9 Å². The Morgan fingerprint density at radius 1 is 1.50 bits per heavy atom. The average Bonchev–Trinajstić information content (AvgIpc) is 1.91. The largest absolute Gasteiger partial charge is 0.388 e. The van der Waals surface area contributed by atoms with Crippen LogP contribution in [0.4, 0.5) is 0 Å². The van der Waals surface area contributed by atoms with Gasteiger partial charge in [0.2, 0.25) is 0 Å². The lowest BCUT2D eigenvalue weighted by Gasteiger charge is -2.17. The van der Waals surface area contributed by atoms with Crippen molar-refractivity contribution >= 4 is 11.6 Å². The Morgan fingerprint density at radius 3 is 2.40 bits per heavy atom. The van der Waals surface area contributed by atoms with Crippen molar-refractivity contribution in [1.82, 2.24) is 0 Å². The van der Waals surface area contributed by atoms with Crippen LogP contribution in [0.2, 0.25) is 0 Å². The Bertz CT molecular complexity index is 75.4. The van der Waals surface area contributed by atoms with E-state index in [4.69, 9.17) is 21.1 Å². The summed E-state index contributed by atoms with van der Waals surface area (Å²) in [4.78, 5) is 0. The van der Waals surface area contributed by atoms with Gasteiger partial charge in [-0.25, -0.2) is 0 Å². The topological polar surface area (TPSA) is 38.7 Å². The number of methoxy groups -OCH3 is 2. The van der Waals surface area contributed by atoms with E-state index in [0.717, 1.165) is 0 Å². The summed E-state index contributed by atoms with van der Waals surface area (Å²) < 4.78 is 9.55. The van der Waals surface area contributed by atoms with Crippen molar-refractivity contribution in [3.05, 3.63) is 0 Å². The lowest BCUT2D eigenvalue weighted by molar-refractivity contribution is -0.0359. The van der Waals surface area contributed by atoms with Crippen LogP contribution < -0.4 is 0 Å². The quantitative estimate of drug-likeness (QED) is 0.598. The first-order valence-electron chi connectivity index (χ1n) is 3.02. The monoisotopic (exact) mass is 168 g/mol. The molecule has 0 bridgehead atoms. The zero-order valence-electron chi connectivity index (χ0n) is 6.21. The molecule has 0 aromatic rings. The molecule has 4 heteroatoms. The molecule has 0 fully saturated rings. The second-order valence-electron chi connectivity index (χ2n) is 1.95. The lowest BCUT2D eigenvalue weighted by atomic mass is 10.2. The first-order valence-corrected chi connectivity index (χ1v) is 3.55. The van der Waals surface area contributed by atoms with Crippen molar-refractivity contribution in [2.45, 2.75) is 12.2 Å². The normalized spacial score (nSPS) is 16.8. The van der Waals surface area contributed by atoms with Crippen molar-refractivity contribution in [2.24, 2.45) is 0 Å². The summed E-state index contributed by atoms with van der Waals surface area (Å²) >= 11 is 5.46. The molecule has 0 aliphatic carbocycles. The maximum atomic E-state index is 9.17. The third-order valence-electron chi connectivity index (χ3n) is 1.22. The van der Waals surface area contributed by atoms with E-state index in [1.54, 1.807) is 0 Å².